The van der Waals surface area contributed by atoms with Gasteiger partial charge in [-0.2, -0.15) is 0 Å². The minimum absolute atomic E-state index is 0.201. The fourth-order valence-corrected chi connectivity index (χ4v) is 4.38. The van der Waals surface area contributed by atoms with Crippen molar-refractivity contribution >= 4 is 23.1 Å². The van der Waals surface area contributed by atoms with E-state index in [1.165, 1.54) is 0 Å². The van der Waals surface area contributed by atoms with Crippen molar-refractivity contribution in [2.45, 2.75) is 39.5 Å². The summed E-state index contributed by atoms with van der Waals surface area (Å²) in [4.78, 5) is 20.8. The summed E-state index contributed by atoms with van der Waals surface area (Å²) in [5.74, 6) is 0.845. The number of hydrogen-bond acceptors (Lipinski definition) is 9. The first-order valence-corrected chi connectivity index (χ1v) is 12.4. The second-order valence-electron chi connectivity index (χ2n) is 10.3. The molecule has 0 unspecified atom stereocenters. The molecule has 0 spiro atoms. The normalized spacial score (nSPS) is 17.1. The van der Waals surface area contributed by atoms with Crippen molar-refractivity contribution in [2.75, 3.05) is 42.6 Å². The molecule has 2 aliphatic rings. The molecule has 11 heteroatoms. The van der Waals surface area contributed by atoms with E-state index in [1.807, 2.05) is 30.3 Å². The second-order valence-corrected chi connectivity index (χ2v) is 10.3. The maximum absolute atomic E-state index is 12.2. The van der Waals surface area contributed by atoms with Crippen LogP contribution in [0.1, 0.15) is 39.9 Å². The lowest BCUT2D eigenvalue weighted by atomic mass is 9.93. The molecule has 2 N–H and O–H groups in total. The number of pyridine rings is 1. The molecule has 0 saturated carbocycles. The number of anilines is 2. The summed E-state index contributed by atoms with van der Waals surface area (Å²) in [6.45, 7) is 11.6. The molecule has 0 aliphatic carbocycles. The van der Waals surface area contributed by atoms with E-state index >= 15 is 0 Å². The molecule has 0 aromatic carbocycles. The predicted octanol–water partition coefficient (Wildman–Crippen LogP) is 2.97. The Hall–Kier alpha value is -3.99. The van der Waals surface area contributed by atoms with E-state index in [-0.39, 0.29) is 12.0 Å². The van der Waals surface area contributed by atoms with Gasteiger partial charge in [0.05, 0.1) is 36.9 Å². The van der Waals surface area contributed by atoms with Crippen molar-refractivity contribution in [3.8, 4) is 11.3 Å². The fourth-order valence-electron chi connectivity index (χ4n) is 4.38. The van der Waals surface area contributed by atoms with Crippen LogP contribution in [0, 0.1) is 0 Å². The van der Waals surface area contributed by atoms with Crippen molar-refractivity contribution in [3.05, 3.63) is 53.8 Å². The molecule has 1 amide bonds. The topological polar surface area (TPSA) is 128 Å². The molecule has 1 fully saturated rings. The van der Waals surface area contributed by atoms with E-state index in [2.05, 4.69) is 52.2 Å². The molecule has 3 aromatic rings. The average Bonchev–Trinajstić information content (AvgIpc) is 3.49. The summed E-state index contributed by atoms with van der Waals surface area (Å²) in [5, 5.41) is 13.0. The number of carbonyl (C=O) groups excluding carboxylic acids is 1. The zero-order valence-corrected chi connectivity index (χ0v) is 21.6. The summed E-state index contributed by atoms with van der Waals surface area (Å²) < 4.78 is 12.8. The van der Waals surface area contributed by atoms with Crippen LogP contribution in [0.4, 0.5) is 11.5 Å². The molecule has 0 atom stereocenters. The van der Waals surface area contributed by atoms with Gasteiger partial charge in [0.25, 0.3) is 0 Å². The van der Waals surface area contributed by atoms with Gasteiger partial charge < -0.3 is 24.8 Å². The van der Waals surface area contributed by atoms with Crippen LogP contribution in [0.2, 0.25) is 0 Å². The number of rotatable bonds is 5. The molecule has 0 radical (unpaired) electrons. The molecular weight excluding hydrogens is 472 g/mol. The zero-order chi connectivity index (χ0) is 26.2. The summed E-state index contributed by atoms with van der Waals surface area (Å²) in [5.41, 5.74) is 9.99. The monoisotopic (exact) mass is 504 g/mol. The van der Waals surface area contributed by atoms with Gasteiger partial charge in [-0.05, 0) is 25.5 Å². The third-order valence-corrected chi connectivity index (χ3v) is 6.59. The van der Waals surface area contributed by atoms with Crippen LogP contribution in [0.25, 0.3) is 17.0 Å². The Morgan fingerprint density at radius 3 is 2.73 bits per heavy atom. The predicted molar refractivity (Wildman–Crippen MR) is 140 cm³/mol. The number of nitrogens with zero attached hydrogens (tertiary/aromatic N) is 7. The number of allylic oxidation sites excluding steroid dienone is 3. The van der Waals surface area contributed by atoms with Gasteiger partial charge in [0, 0.05) is 54.2 Å². The van der Waals surface area contributed by atoms with Gasteiger partial charge in [-0.1, -0.05) is 31.1 Å². The number of ether oxygens (including phenoxy) is 1. The van der Waals surface area contributed by atoms with E-state index in [1.54, 1.807) is 17.0 Å². The lowest BCUT2D eigenvalue weighted by Gasteiger charge is -2.28. The smallest absolute Gasteiger partial charge is 0.246 e. The Morgan fingerprint density at radius 2 is 1.97 bits per heavy atom. The van der Waals surface area contributed by atoms with E-state index in [4.69, 9.17) is 15.0 Å². The highest BCUT2D eigenvalue weighted by molar-refractivity contribution is 5.96. The van der Waals surface area contributed by atoms with Gasteiger partial charge in [0.15, 0.2) is 5.82 Å². The molecule has 0 bridgehead atoms. The van der Waals surface area contributed by atoms with Gasteiger partial charge in [-0.25, -0.2) is 4.68 Å². The van der Waals surface area contributed by atoms with Crippen molar-refractivity contribution in [1.82, 2.24) is 25.1 Å². The molecular formula is C26H32N8O3. The van der Waals surface area contributed by atoms with Crippen molar-refractivity contribution in [1.29, 1.82) is 0 Å². The fraction of sp³-hybridized carbons (Fsp3) is 0.423. The highest BCUT2D eigenvalue weighted by Gasteiger charge is 2.28. The Labute approximate surface area is 215 Å². The summed E-state index contributed by atoms with van der Waals surface area (Å²) >= 11 is 0. The number of carbonyl (C=O) groups is 1. The Morgan fingerprint density at radius 1 is 1.14 bits per heavy atom. The van der Waals surface area contributed by atoms with Crippen LogP contribution < -0.4 is 15.5 Å². The number of hydrogen-bond donors (Lipinski definition) is 1. The Bertz CT molecular complexity index is 1360. The van der Waals surface area contributed by atoms with E-state index < -0.39 is 5.91 Å². The number of primary amides is 1. The SMILES string of the molecule is CC1=C(n2cc(-c3cncc(N4CCCOCC4)c3)nn2)C=C(C(N)=O)CN1c1cc(C(C)(C)C)on1. The first kappa shape index (κ1) is 24.7. The molecule has 5 heterocycles. The molecule has 194 valence electrons. The third-order valence-electron chi connectivity index (χ3n) is 6.59. The van der Waals surface area contributed by atoms with Crippen LogP contribution in [0.3, 0.4) is 0 Å². The molecule has 3 aromatic heterocycles. The Balaban J connectivity index is 1.48. The van der Waals surface area contributed by atoms with Crippen LogP contribution in [0.15, 0.2) is 52.6 Å². The minimum atomic E-state index is -0.506. The van der Waals surface area contributed by atoms with E-state index in [9.17, 15) is 4.79 Å². The minimum Gasteiger partial charge on any atom is -0.380 e. The number of aromatic nitrogens is 5. The molecule has 37 heavy (non-hydrogen) atoms. The number of nitrogens with two attached hydrogens (primary N) is 1. The van der Waals surface area contributed by atoms with E-state index in [0.29, 0.717) is 29.4 Å². The van der Waals surface area contributed by atoms with Crippen molar-refractivity contribution < 1.29 is 14.1 Å². The summed E-state index contributed by atoms with van der Waals surface area (Å²) in [7, 11) is 0. The van der Waals surface area contributed by atoms with Crippen LogP contribution in [-0.2, 0) is 14.9 Å². The lowest BCUT2D eigenvalue weighted by Crippen LogP contribution is -2.33. The maximum Gasteiger partial charge on any atom is 0.246 e. The van der Waals surface area contributed by atoms with Gasteiger partial charge in [-0.15, -0.1) is 5.10 Å². The van der Waals surface area contributed by atoms with Gasteiger partial charge in [-0.3, -0.25) is 9.78 Å². The van der Waals surface area contributed by atoms with Crippen molar-refractivity contribution in [2.24, 2.45) is 5.73 Å². The Kier molecular flexibility index (Phi) is 6.55. The lowest BCUT2D eigenvalue weighted by molar-refractivity contribution is -0.114. The summed E-state index contributed by atoms with van der Waals surface area (Å²) in [6.07, 6.45) is 8.18. The van der Waals surface area contributed by atoms with E-state index in [0.717, 1.165) is 48.8 Å². The molecule has 1 saturated heterocycles. The average molecular weight is 505 g/mol. The second kappa shape index (κ2) is 9.81. The zero-order valence-electron chi connectivity index (χ0n) is 21.6. The maximum atomic E-state index is 12.2. The third kappa shape index (κ3) is 5.12. The first-order chi connectivity index (χ1) is 17.7. The number of amides is 1. The largest absolute Gasteiger partial charge is 0.380 e. The van der Waals surface area contributed by atoms with Crippen LogP contribution in [0.5, 0.6) is 0 Å². The van der Waals surface area contributed by atoms with Crippen molar-refractivity contribution in [3.63, 3.8) is 0 Å². The quantitative estimate of drug-likeness (QED) is 0.557. The first-order valence-electron chi connectivity index (χ1n) is 12.4. The van der Waals surface area contributed by atoms with Gasteiger partial charge in [0.2, 0.25) is 5.91 Å². The summed E-state index contributed by atoms with van der Waals surface area (Å²) in [6, 6.07) is 3.96. The highest BCUT2D eigenvalue weighted by Crippen LogP contribution is 2.32. The molecule has 5 rings (SSSR count). The molecule has 11 nitrogen and oxygen atoms in total. The van der Waals surface area contributed by atoms with Crippen LogP contribution >= 0.6 is 0 Å². The van der Waals surface area contributed by atoms with Crippen LogP contribution in [-0.4, -0.2) is 63.9 Å². The van der Waals surface area contributed by atoms with Gasteiger partial charge in [0.1, 0.15) is 11.5 Å². The molecule has 2 aliphatic heterocycles. The standard InChI is InChI=1S/C26H32N8O3/c1-17-22(11-19(25(27)35)15-33(17)24-12-23(37-30-24)26(2,3)4)34-16-21(29-31-34)18-10-20(14-28-13-18)32-6-5-8-36-9-7-32/h10-14,16H,5-9,15H2,1-4H3,(H2,27,35). The van der Waals surface area contributed by atoms with Gasteiger partial charge >= 0.3 is 0 Å². The highest BCUT2D eigenvalue weighted by atomic mass is 16.5.